The Morgan fingerprint density at radius 2 is 2.00 bits per heavy atom. The van der Waals surface area contributed by atoms with Crippen molar-refractivity contribution in [2.24, 2.45) is 0 Å². The highest BCUT2D eigenvalue weighted by Crippen LogP contribution is 2.36. The number of nitrogens with zero attached hydrogens (tertiary/aromatic N) is 1. The van der Waals surface area contributed by atoms with Crippen molar-refractivity contribution in [2.45, 2.75) is 19.2 Å². The number of aryl methyl sites for hydroxylation is 1. The minimum atomic E-state index is -4.54. The van der Waals surface area contributed by atoms with Crippen LogP contribution in [0.25, 0.3) is 0 Å². The van der Waals surface area contributed by atoms with Gasteiger partial charge in [-0.15, -0.1) is 0 Å². The number of aliphatic hydroxyl groups is 1. The van der Waals surface area contributed by atoms with Gasteiger partial charge in [0.15, 0.2) is 0 Å². The third-order valence-electron chi connectivity index (χ3n) is 2.48. The average Bonchev–Trinajstić information content (AvgIpc) is 2.74. The molecule has 0 radical (unpaired) electrons. The van der Waals surface area contributed by atoms with Gasteiger partial charge in [0.05, 0.1) is 5.56 Å². The third kappa shape index (κ3) is 2.38. The Bertz CT molecular complexity index is 548. The fourth-order valence-electron chi connectivity index (χ4n) is 1.64. The van der Waals surface area contributed by atoms with Crippen LogP contribution in [0, 0.1) is 6.92 Å². The van der Waals surface area contributed by atoms with Crippen LogP contribution in [0.5, 0.6) is 0 Å². The predicted molar refractivity (Wildman–Crippen MR) is 56.7 cm³/mol. The van der Waals surface area contributed by atoms with Crippen LogP contribution >= 0.6 is 0 Å². The fraction of sp³-hybridized carbons (Fsp3) is 0.250. The van der Waals surface area contributed by atoms with Gasteiger partial charge >= 0.3 is 6.18 Å². The third-order valence-corrected chi connectivity index (χ3v) is 2.48. The van der Waals surface area contributed by atoms with E-state index in [2.05, 4.69) is 4.98 Å². The summed E-state index contributed by atoms with van der Waals surface area (Å²) in [5, 5.41) is 9.92. The van der Waals surface area contributed by atoms with Crippen molar-refractivity contribution in [3.05, 3.63) is 53.2 Å². The summed E-state index contributed by atoms with van der Waals surface area (Å²) in [6.45, 7) is 1.64. The summed E-state index contributed by atoms with van der Waals surface area (Å²) in [7, 11) is 0. The normalized spacial score (nSPS) is 13.6. The molecule has 0 fully saturated rings. The molecular formula is C12H10F3NO2. The first-order valence-electron chi connectivity index (χ1n) is 5.15. The molecule has 18 heavy (non-hydrogen) atoms. The minimum absolute atomic E-state index is 0.0611. The highest BCUT2D eigenvalue weighted by Gasteiger charge is 2.35. The van der Waals surface area contributed by atoms with Gasteiger partial charge in [-0.3, -0.25) is 4.98 Å². The standard InChI is InChI=1S/C12H10F3NO2/c1-7-2-3-10(18-7)11(17)8-6-16-5-4-9(8)12(13,14)15/h2-6,11,17H,1H3. The van der Waals surface area contributed by atoms with Gasteiger partial charge in [0.2, 0.25) is 0 Å². The molecular weight excluding hydrogens is 247 g/mol. The van der Waals surface area contributed by atoms with Crippen LogP contribution in [-0.2, 0) is 6.18 Å². The maximum Gasteiger partial charge on any atom is 0.416 e. The van der Waals surface area contributed by atoms with Crippen LogP contribution in [0.1, 0.15) is 28.8 Å². The molecule has 0 aliphatic carbocycles. The first-order chi connectivity index (χ1) is 8.39. The molecule has 0 amide bonds. The second-order valence-corrected chi connectivity index (χ2v) is 3.81. The monoisotopic (exact) mass is 257 g/mol. The van der Waals surface area contributed by atoms with E-state index in [-0.39, 0.29) is 11.3 Å². The Kier molecular flexibility index (Phi) is 3.13. The quantitative estimate of drug-likeness (QED) is 0.899. The van der Waals surface area contributed by atoms with Gasteiger partial charge in [-0.1, -0.05) is 0 Å². The van der Waals surface area contributed by atoms with E-state index < -0.39 is 17.8 Å². The van der Waals surface area contributed by atoms with Crippen LogP contribution in [0.15, 0.2) is 35.0 Å². The zero-order valence-corrected chi connectivity index (χ0v) is 9.40. The number of alkyl halides is 3. The molecule has 2 aromatic rings. The molecule has 0 saturated carbocycles. The van der Waals surface area contributed by atoms with Crippen LogP contribution in [0.4, 0.5) is 13.2 Å². The van der Waals surface area contributed by atoms with Crippen molar-refractivity contribution in [3.8, 4) is 0 Å². The van der Waals surface area contributed by atoms with Crippen molar-refractivity contribution in [3.63, 3.8) is 0 Å². The number of pyridine rings is 1. The summed E-state index contributed by atoms with van der Waals surface area (Å²) >= 11 is 0. The Morgan fingerprint density at radius 1 is 1.28 bits per heavy atom. The Balaban J connectivity index is 2.45. The Morgan fingerprint density at radius 3 is 2.56 bits per heavy atom. The van der Waals surface area contributed by atoms with E-state index in [0.29, 0.717) is 5.76 Å². The van der Waals surface area contributed by atoms with E-state index in [1.807, 2.05) is 0 Å². The molecule has 0 bridgehead atoms. The molecule has 2 aromatic heterocycles. The van der Waals surface area contributed by atoms with E-state index in [1.165, 1.54) is 6.07 Å². The van der Waals surface area contributed by atoms with Crippen molar-refractivity contribution in [1.82, 2.24) is 4.98 Å². The van der Waals surface area contributed by atoms with Crippen molar-refractivity contribution < 1.29 is 22.7 Å². The number of aromatic nitrogens is 1. The molecule has 2 rings (SSSR count). The summed E-state index contributed by atoms with van der Waals surface area (Å²) in [6, 6.07) is 3.84. The van der Waals surface area contributed by atoms with Crippen LogP contribution in [0.2, 0.25) is 0 Å². The lowest BCUT2D eigenvalue weighted by molar-refractivity contribution is -0.139. The molecule has 3 nitrogen and oxygen atoms in total. The Hall–Kier alpha value is -1.82. The molecule has 1 unspecified atom stereocenters. The Labute approximate surface area is 101 Å². The molecule has 1 N–H and O–H groups in total. The van der Waals surface area contributed by atoms with Crippen molar-refractivity contribution >= 4 is 0 Å². The molecule has 6 heteroatoms. The average molecular weight is 257 g/mol. The lowest BCUT2D eigenvalue weighted by atomic mass is 10.0. The molecule has 0 aliphatic rings. The van der Waals surface area contributed by atoms with Gasteiger partial charge in [0.1, 0.15) is 17.6 Å². The second-order valence-electron chi connectivity index (χ2n) is 3.81. The number of hydrogen-bond donors (Lipinski definition) is 1. The highest BCUT2D eigenvalue weighted by molar-refractivity contribution is 5.32. The topological polar surface area (TPSA) is 46.3 Å². The summed E-state index contributed by atoms with van der Waals surface area (Å²) < 4.78 is 43.4. The summed E-state index contributed by atoms with van der Waals surface area (Å²) in [5.74, 6) is 0.576. The highest BCUT2D eigenvalue weighted by atomic mass is 19.4. The largest absolute Gasteiger partial charge is 0.463 e. The van der Waals surface area contributed by atoms with Gasteiger partial charge < -0.3 is 9.52 Å². The number of rotatable bonds is 2. The molecule has 96 valence electrons. The van der Waals surface area contributed by atoms with Gasteiger partial charge in [-0.05, 0) is 25.1 Å². The van der Waals surface area contributed by atoms with Crippen molar-refractivity contribution in [2.75, 3.05) is 0 Å². The van der Waals surface area contributed by atoms with Crippen molar-refractivity contribution in [1.29, 1.82) is 0 Å². The lowest BCUT2D eigenvalue weighted by Crippen LogP contribution is -2.12. The number of hydrogen-bond acceptors (Lipinski definition) is 3. The smallest absolute Gasteiger partial charge is 0.416 e. The van der Waals surface area contributed by atoms with E-state index in [0.717, 1.165) is 18.5 Å². The van der Waals surface area contributed by atoms with Crippen LogP contribution in [0.3, 0.4) is 0 Å². The second kappa shape index (κ2) is 4.45. The molecule has 1 atom stereocenters. The van der Waals surface area contributed by atoms with E-state index in [9.17, 15) is 18.3 Å². The minimum Gasteiger partial charge on any atom is -0.463 e. The van der Waals surface area contributed by atoms with Crippen LogP contribution < -0.4 is 0 Å². The molecule has 0 aromatic carbocycles. The van der Waals surface area contributed by atoms with Gasteiger partial charge in [-0.2, -0.15) is 13.2 Å². The SMILES string of the molecule is Cc1ccc(C(O)c2cnccc2C(F)(F)F)o1. The van der Waals surface area contributed by atoms with Gasteiger partial charge in [0, 0.05) is 18.0 Å². The summed E-state index contributed by atoms with van der Waals surface area (Å²) in [6.07, 6.45) is -4.00. The first kappa shape index (κ1) is 12.6. The first-order valence-corrected chi connectivity index (χ1v) is 5.15. The zero-order chi connectivity index (χ0) is 13.3. The van der Waals surface area contributed by atoms with E-state index in [4.69, 9.17) is 4.42 Å². The molecule has 0 aliphatic heterocycles. The number of furan rings is 1. The van der Waals surface area contributed by atoms with Gasteiger partial charge in [-0.25, -0.2) is 0 Å². The molecule has 0 spiro atoms. The number of halogens is 3. The van der Waals surface area contributed by atoms with E-state index >= 15 is 0 Å². The lowest BCUT2D eigenvalue weighted by Gasteiger charge is -2.15. The predicted octanol–water partition coefficient (Wildman–Crippen LogP) is 3.08. The van der Waals surface area contributed by atoms with Crippen LogP contribution in [-0.4, -0.2) is 10.1 Å². The molecule has 0 saturated heterocycles. The maximum absolute atomic E-state index is 12.8. The fourth-order valence-corrected chi connectivity index (χ4v) is 1.64. The van der Waals surface area contributed by atoms with E-state index in [1.54, 1.807) is 13.0 Å². The molecule has 2 heterocycles. The maximum atomic E-state index is 12.8. The summed E-state index contributed by atoms with van der Waals surface area (Å²) in [5.41, 5.74) is -1.24. The summed E-state index contributed by atoms with van der Waals surface area (Å²) in [4.78, 5) is 3.61. The zero-order valence-electron chi connectivity index (χ0n) is 9.40. The number of aliphatic hydroxyl groups excluding tert-OH is 1. The van der Waals surface area contributed by atoms with Gasteiger partial charge in [0.25, 0.3) is 0 Å².